The molecule has 90 valence electrons. The van der Waals surface area contributed by atoms with Crippen molar-refractivity contribution in [2.45, 2.75) is 38.9 Å². The van der Waals surface area contributed by atoms with Crippen LogP contribution in [0, 0.1) is 0 Å². The highest BCUT2D eigenvalue weighted by Crippen LogP contribution is 2.06. The number of aliphatic hydroxyl groups excluding tert-OH is 1. The van der Waals surface area contributed by atoms with Crippen molar-refractivity contribution in [3.05, 3.63) is 0 Å². The number of carbonyl (C=O) groups excluding carboxylic acids is 1. The van der Waals surface area contributed by atoms with E-state index in [0.29, 0.717) is 13.0 Å². The second-order valence-corrected chi connectivity index (χ2v) is 4.32. The average Bonchev–Trinajstić information content (AvgIpc) is 2.08. The summed E-state index contributed by atoms with van der Waals surface area (Å²) in [4.78, 5) is 11.2. The maximum absolute atomic E-state index is 11.2. The van der Waals surface area contributed by atoms with Crippen molar-refractivity contribution in [3.8, 4) is 0 Å². The van der Waals surface area contributed by atoms with Crippen LogP contribution in [-0.4, -0.2) is 43.2 Å². The molecule has 0 saturated heterocycles. The standard InChI is InChI=1S/C10H21NO4/c1-10(2,3)15-9(13)11-7-8(12)5-6-14-4/h8,12H,5-7H2,1-4H3,(H,11,13). The Morgan fingerprint density at radius 3 is 2.53 bits per heavy atom. The molecule has 0 bridgehead atoms. The van der Waals surface area contributed by atoms with Gasteiger partial charge in [-0.3, -0.25) is 0 Å². The predicted molar refractivity (Wildman–Crippen MR) is 56.7 cm³/mol. The van der Waals surface area contributed by atoms with Gasteiger partial charge in [-0.25, -0.2) is 4.79 Å². The molecule has 0 rings (SSSR count). The minimum Gasteiger partial charge on any atom is -0.444 e. The van der Waals surface area contributed by atoms with E-state index in [0.717, 1.165) is 0 Å². The smallest absolute Gasteiger partial charge is 0.407 e. The Kier molecular flexibility index (Phi) is 6.27. The van der Waals surface area contributed by atoms with E-state index >= 15 is 0 Å². The number of amides is 1. The summed E-state index contributed by atoms with van der Waals surface area (Å²) < 4.78 is 9.80. The fourth-order valence-electron chi connectivity index (χ4n) is 0.871. The average molecular weight is 219 g/mol. The van der Waals surface area contributed by atoms with Gasteiger partial charge in [-0.05, 0) is 27.2 Å². The molecule has 0 aromatic rings. The molecule has 0 aromatic carbocycles. The number of aliphatic hydroxyl groups is 1. The molecule has 0 heterocycles. The van der Waals surface area contributed by atoms with E-state index in [9.17, 15) is 9.90 Å². The molecule has 1 unspecified atom stereocenters. The largest absolute Gasteiger partial charge is 0.444 e. The van der Waals surface area contributed by atoms with Crippen LogP contribution in [0.5, 0.6) is 0 Å². The summed E-state index contributed by atoms with van der Waals surface area (Å²) in [5.74, 6) is 0. The van der Waals surface area contributed by atoms with Crippen molar-refractivity contribution in [3.63, 3.8) is 0 Å². The number of rotatable bonds is 5. The van der Waals surface area contributed by atoms with Crippen LogP contribution in [0.1, 0.15) is 27.2 Å². The second-order valence-electron chi connectivity index (χ2n) is 4.32. The first-order valence-electron chi connectivity index (χ1n) is 4.99. The lowest BCUT2D eigenvalue weighted by atomic mass is 10.2. The molecule has 5 nitrogen and oxygen atoms in total. The van der Waals surface area contributed by atoms with Gasteiger partial charge in [0, 0.05) is 20.3 Å². The van der Waals surface area contributed by atoms with Gasteiger partial charge in [0.2, 0.25) is 0 Å². The fraction of sp³-hybridized carbons (Fsp3) is 0.900. The van der Waals surface area contributed by atoms with E-state index < -0.39 is 17.8 Å². The summed E-state index contributed by atoms with van der Waals surface area (Å²) in [5.41, 5.74) is -0.512. The van der Waals surface area contributed by atoms with Gasteiger partial charge in [0.25, 0.3) is 0 Å². The van der Waals surface area contributed by atoms with Crippen molar-refractivity contribution in [2.24, 2.45) is 0 Å². The Hall–Kier alpha value is -0.810. The van der Waals surface area contributed by atoms with Gasteiger partial charge in [0.05, 0.1) is 6.10 Å². The SMILES string of the molecule is COCCC(O)CNC(=O)OC(C)(C)C. The first-order valence-corrected chi connectivity index (χ1v) is 4.99. The summed E-state index contributed by atoms with van der Waals surface area (Å²) in [6.07, 6.45) is -0.622. The van der Waals surface area contributed by atoms with Crippen LogP contribution in [-0.2, 0) is 9.47 Å². The molecule has 0 saturated carbocycles. The lowest BCUT2D eigenvalue weighted by Crippen LogP contribution is -2.37. The van der Waals surface area contributed by atoms with Gasteiger partial charge < -0.3 is 19.9 Å². The Morgan fingerprint density at radius 2 is 2.07 bits per heavy atom. The lowest BCUT2D eigenvalue weighted by molar-refractivity contribution is 0.0471. The molecule has 0 aromatic heterocycles. The Morgan fingerprint density at radius 1 is 1.47 bits per heavy atom. The minimum atomic E-state index is -0.600. The number of hydrogen-bond donors (Lipinski definition) is 2. The molecule has 1 amide bonds. The topological polar surface area (TPSA) is 67.8 Å². The van der Waals surface area contributed by atoms with Gasteiger partial charge in [-0.15, -0.1) is 0 Å². The number of carbonyl (C=O) groups is 1. The third kappa shape index (κ3) is 9.49. The number of nitrogens with one attached hydrogen (secondary N) is 1. The molecule has 0 aliphatic heterocycles. The van der Waals surface area contributed by atoms with E-state index in [1.54, 1.807) is 27.9 Å². The van der Waals surface area contributed by atoms with E-state index in [4.69, 9.17) is 9.47 Å². The molecule has 1 atom stereocenters. The predicted octanol–water partition coefficient (Wildman–Crippen LogP) is 0.908. The summed E-state index contributed by atoms with van der Waals surface area (Å²) in [5, 5.41) is 11.9. The van der Waals surface area contributed by atoms with Gasteiger partial charge in [0.15, 0.2) is 0 Å². The number of methoxy groups -OCH3 is 1. The number of alkyl carbamates (subject to hydrolysis) is 1. The molecule has 0 aliphatic rings. The Bertz CT molecular complexity index is 188. The van der Waals surface area contributed by atoms with Crippen LogP contribution in [0.15, 0.2) is 0 Å². The zero-order chi connectivity index (χ0) is 11.9. The van der Waals surface area contributed by atoms with Crippen LogP contribution in [0.25, 0.3) is 0 Å². The van der Waals surface area contributed by atoms with Crippen molar-refractivity contribution >= 4 is 6.09 Å². The zero-order valence-corrected chi connectivity index (χ0v) is 9.87. The van der Waals surface area contributed by atoms with Crippen LogP contribution in [0.4, 0.5) is 4.79 Å². The van der Waals surface area contributed by atoms with Crippen LogP contribution < -0.4 is 5.32 Å². The van der Waals surface area contributed by atoms with Crippen molar-refractivity contribution < 1.29 is 19.4 Å². The summed E-state index contributed by atoms with van der Waals surface area (Å²) in [7, 11) is 1.56. The third-order valence-corrected chi connectivity index (χ3v) is 1.54. The van der Waals surface area contributed by atoms with Gasteiger partial charge in [-0.1, -0.05) is 0 Å². The highest BCUT2D eigenvalue weighted by molar-refractivity contribution is 5.67. The van der Waals surface area contributed by atoms with Crippen LogP contribution in [0.2, 0.25) is 0 Å². The number of ether oxygens (including phenoxy) is 2. The van der Waals surface area contributed by atoms with Crippen LogP contribution in [0.3, 0.4) is 0 Å². The molecule has 0 fully saturated rings. The molecule has 2 N–H and O–H groups in total. The van der Waals surface area contributed by atoms with Gasteiger partial charge in [-0.2, -0.15) is 0 Å². The second kappa shape index (κ2) is 6.63. The molecule has 5 heteroatoms. The van der Waals surface area contributed by atoms with Crippen molar-refractivity contribution in [1.29, 1.82) is 0 Å². The lowest BCUT2D eigenvalue weighted by Gasteiger charge is -2.20. The van der Waals surface area contributed by atoms with Crippen molar-refractivity contribution in [1.82, 2.24) is 5.32 Å². The molecule has 0 aliphatic carbocycles. The Balaban J connectivity index is 3.62. The summed E-state index contributed by atoms with van der Waals surface area (Å²) >= 11 is 0. The molecule has 0 radical (unpaired) electrons. The van der Waals surface area contributed by atoms with Crippen LogP contribution >= 0.6 is 0 Å². The van der Waals surface area contributed by atoms with E-state index in [2.05, 4.69) is 5.32 Å². The quantitative estimate of drug-likeness (QED) is 0.721. The third-order valence-electron chi connectivity index (χ3n) is 1.54. The summed E-state index contributed by atoms with van der Waals surface area (Å²) in [6, 6.07) is 0. The maximum Gasteiger partial charge on any atom is 0.407 e. The minimum absolute atomic E-state index is 0.179. The highest BCUT2D eigenvalue weighted by atomic mass is 16.6. The Labute approximate surface area is 90.8 Å². The van der Waals surface area contributed by atoms with E-state index in [1.165, 1.54) is 0 Å². The maximum atomic E-state index is 11.2. The first kappa shape index (κ1) is 14.2. The molecule has 15 heavy (non-hydrogen) atoms. The van der Waals surface area contributed by atoms with E-state index in [-0.39, 0.29) is 6.54 Å². The highest BCUT2D eigenvalue weighted by Gasteiger charge is 2.16. The fourth-order valence-corrected chi connectivity index (χ4v) is 0.871. The van der Waals surface area contributed by atoms with Crippen molar-refractivity contribution in [2.75, 3.05) is 20.3 Å². The van der Waals surface area contributed by atoms with Gasteiger partial charge >= 0.3 is 6.09 Å². The monoisotopic (exact) mass is 219 g/mol. The zero-order valence-electron chi connectivity index (χ0n) is 9.87. The normalized spacial score (nSPS) is 13.4. The van der Waals surface area contributed by atoms with Gasteiger partial charge in [0.1, 0.15) is 5.60 Å². The molecule has 0 spiro atoms. The van der Waals surface area contributed by atoms with E-state index in [1.807, 2.05) is 0 Å². The molecular weight excluding hydrogens is 198 g/mol. The first-order chi connectivity index (χ1) is 6.85. The number of hydrogen-bond acceptors (Lipinski definition) is 4. The summed E-state index contributed by atoms with van der Waals surface area (Å²) in [6.45, 7) is 6.01. The molecular formula is C10H21NO4.